The second-order valence-corrected chi connectivity index (χ2v) is 9.40. The Morgan fingerprint density at radius 3 is 1.82 bits per heavy atom. The van der Waals surface area contributed by atoms with Gasteiger partial charge >= 0.3 is 0 Å². The number of rotatable bonds is 18. The minimum absolute atomic E-state index is 0.141. The second-order valence-electron chi connectivity index (χ2n) is 9.40. The average Bonchev–Trinajstić information content (AvgIpc) is 3.31. The zero-order chi connectivity index (χ0) is 20.1. The van der Waals surface area contributed by atoms with Crippen LogP contribution in [0.5, 0.6) is 0 Å². The Morgan fingerprint density at radius 1 is 0.786 bits per heavy atom. The maximum atomic E-state index is 10.0. The fourth-order valence-corrected chi connectivity index (χ4v) is 5.56. The highest BCUT2D eigenvalue weighted by atomic mass is 16.3. The number of aliphatic hydroxyl groups excluding tert-OH is 2. The third-order valence-corrected chi connectivity index (χ3v) is 7.40. The van der Waals surface area contributed by atoms with Crippen LogP contribution in [0.2, 0.25) is 0 Å². The maximum Gasteiger partial charge on any atom is 0.0622 e. The number of aliphatic hydroxyl groups is 2. The summed E-state index contributed by atoms with van der Waals surface area (Å²) in [6.07, 6.45) is 24.9. The van der Waals surface area contributed by atoms with Gasteiger partial charge in [0.15, 0.2) is 0 Å². The Bertz CT molecular complexity index is 425. The van der Waals surface area contributed by atoms with Gasteiger partial charge in [-0.3, -0.25) is 0 Å². The topological polar surface area (TPSA) is 52.5 Å². The summed E-state index contributed by atoms with van der Waals surface area (Å²) in [7, 11) is 0. The Kier molecular flexibility index (Phi) is 11.8. The third kappa shape index (κ3) is 6.85. The fourth-order valence-electron chi connectivity index (χ4n) is 5.56. The first-order valence-corrected chi connectivity index (χ1v) is 12.4. The lowest BCUT2D eigenvalue weighted by Crippen LogP contribution is -2.58. The highest BCUT2D eigenvalue weighted by Gasteiger charge is 2.54. The molecule has 0 saturated heterocycles. The van der Waals surface area contributed by atoms with Crippen LogP contribution in [0.3, 0.4) is 0 Å². The van der Waals surface area contributed by atoms with Crippen LogP contribution < -0.4 is 5.32 Å². The van der Waals surface area contributed by atoms with Crippen LogP contribution in [0.1, 0.15) is 103 Å². The minimum atomic E-state index is -0.273. The summed E-state index contributed by atoms with van der Waals surface area (Å²) < 4.78 is 0. The molecule has 3 nitrogen and oxygen atoms in total. The van der Waals surface area contributed by atoms with Gasteiger partial charge in [-0.2, -0.15) is 0 Å². The molecule has 2 aliphatic rings. The van der Waals surface area contributed by atoms with Gasteiger partial charge < -0.3 is 15.5 Å². The molecule has 0 radical (unpaired) electrons. The quantitative estimate of drug-likeness (QED) is 0.210. The Labute approximate surface area is 174 Å². The summed E-state index contributed by atoms with van der Waals surface area (Å²) >= 11 is 0. The van der Waals surface area contributed by atoms with Crippen molar-refractivity contribution in [1.82, 2.24) is 5.32 Å². The fraction of sp³-hybridized carbons (Fsp3) is 0.920. The SMILES string of the molecule is CCCCCCCCCCCCCCCCNC1(CO)C2C=CC(C2)C1CO. The number of hydrogen-bond acceptors (Lipinski definition) is 3. The lowest BCUT2D eigenvalue weighted by Gasteiger charge is -2.41. The lowest BCUT2D eigenvalue weighted by atomic mass is 9.76. The average molecular weight is 394 g/mol. The predicted molar refractivity (Wildman–Crippen MR) is 119 cm³/mol. The van der Waals surface area contributed by atoms with Crippen LogP contribution in [-0.2, 0) is 0 Å². The number of allylic oxidation sites excluding steroid dienone is 1. The molecule has 2 aliphatic carbocycles. The summed E-state index contributed by atoms with van der Waals surface area (Å²) in [6, 6.07) is 0. The first kappa shape index (κ1) is 23.9. The van der Waals surface area contributed by atoms with E-state index in [1.807, 2.05) is 0 Å². The van der Waals surface area contributed by atoms with E-state index < -0.39 is 0 Å². The van der Waals surface area contributed by atoms with E-state index in [4.69, 9.17) is 0 Å². The molecule has 0 spiro atoms. The molecular formula is C25H47NO2. The molecule has 0 aromatic heterocycles. The summed E-state index contributed by atoms with van der Waals surface area (Å²) in [6.45, 7) is 3.57. The molecule has 0 amide bonds. The van der Waals surface area contributed by atoms with Gasteiger partial charge in [0.05, 0.1) is 12.1 Å². The minimum Gasteiger partial charge on any atom is -0.396 e. The zero-order valence-corrected chi connectivity index (χ0v) is 18.5. The van der Waals surface area contributed by atoms with Gasteiger partial charge in [-0.1, -0.05) is 103 Å². The van der Waals surface area contributed by atoms with Crippen LogP contribution in [-0.4, -0.2) is 35.5 Å². The summed E-state index contributed by atoms with van der Waals surface area (Å²) in [4.78, 5) is 0. The molecular weight excluding hydrogens is 346 g/mol. The molecule has 2 rings (SSSR count). The molecule has 28 heavy (non-hydrogen) atoms. The van der Waals surface area contributed by atoms with Crippen LogP contribution in [0.25, 0.3) is 0 Å². The van der Waals surface area contributed by atoms with Crippen molar-refractivity contribution in [2.24, 2.45) is 17.8 Å². The molecule has 4 unspecified atom stereocenters. The van der Waals surface area contributed by atoms with Crippen LogP contribution >= 0.6 is 0 Å². The van der Waals surface area contributed by atoms with E-state index in [9.17, 15) is 10.2 Å². The van der Waals surface area contributed by atoms with Crippen LogP contribution in [0.4, 0.5) is 0 Å². The Morgan fingerprint density at radius 2 is 1.32 bits per heavy atom. The molecule has 0 aromatic rings. The van der Waals surface area contributed by atoms with Crippen LogP contribution in [0.15, 0.2) is 12.2 Å². The maximum absolute atomic E-state index is 10.0. The van der Waals surface area contributed by atoms with Crippen molar-refractivity contribution in [2.45, 2.75) is 109 Å². The zero-order valence-electron chi connectivity index (χ0n) is 18.5. The number of nitrogens with one attached hydrogen (secondary N) is 1. The molecule has 0 aliphatic heterocycles. The molecule has 164 valence electrons. The molecule has 4 atom stereocenters. The Hall–Kier alpha value is -0.380. The lowest BCUT2D eigenvalue weighted by molar-refractivity contribution is 0.0561. The number of fused-ring (bicyclic) bond motifs is 2. The second kappa shape index (κ2) is 13.8. The third-order valence-electron chi connectivity index (χ3n) is 7.40. The number of hydrogen-bond donors (Lipinski definition) is 3. The molecule has 0 heterocycles. The molecule has 0 aromatic carbocycles. The molecule has 2 bridgehead atoms. The van der Waals surface area contributed by atoms with Crippen LogP contribution in [0, 0.1) is 17.8 Å². The summed E-state index contributed by atoms with van der Waals surface area (Å²) in [5, 5.41) is 23.5. The monoisotopic (exact) mass is 393 g/mol. The van der Waals surface area contributed by atoms with Gasteiger partial charge in [0, 0.05) is 12.5 Å². The van der Waals surface area contributed by atoms with Gasteiger partial charge in [-0.25, -0.2) is 0 Å². The molecule has 1 fully saturated rings. The highest BCUT2D eigenvalue weighted by Crippen LogP contribution is 2.50. The van der Waals surface area contributed by atoms with Gasteiger partial charge in [-0.15, -0.1) is 0 Å². The van der Waals surface area contributed by atoms with E-state index in [0.29, 0.717) is 11.8 Å². The van der Waals surface area contributed by atoms with Crippen molar-refractivity contribution >= 4 is 0 Å². The first-order chi connectivity index (χ1) is 13.8. The van der Waals surface area contributed by atoms with E-state index in [2.05, 4.69) is 24.4 Å². The summed E-state index contributed by atoms with van der Waals surface area (Å²) in [5.74, 6) is 1.02. The molecule has 3 heteroatoms. The first-order valence-electron chi connectivity index (χ1n) is 12.4. The predicted octanol–water partition coefficient (Wildman–Crippen LogP) is 5.60. The molecule has 3 N–H and O–H groups in total. The van der Waals surface area contributed by atoms with Gasteiger partial charge in [-0.05, 0) is 31.2 Å². The van der Waals surface area contributed by atoms with Crippen molar-refractivity contribution in [3.05, 3.63) is 12.2 Å². The van der Waals surface area contributed by atoms with Crippen molar-refractivity contribution in [1.29, 1.82) is 0 Å². The molecule has 1 saturated carbocycles. The van der Waals surface area contributed by atoms with E-state index in [0.717, 1.165) is 13.0 Å². The van der Waals surface area contributed by atoms with Crippen molar-refractivity contribution in [2.75, 3.05) is 19.8 Å². The van der Waals surface area contributed by atoms with Gasteiger partial charge in [0.2, 0.25) is 0 Å². The van der Waals surface area contributed by atoms with Crippen molar-refractivity contribution in [3.63, 3.8) is 0 Å². The van der Waals surface area contributed by atoms with Crippen molar-refractivity contribution < 1.29 is 10.2 Å². The standard InChI is InChI=1S/C25H47NO2/c1-2-3-4-5-6-7-8-9-10-11-12-13-14-15-18-26-25(21-28)23-17-16-22(19-23)24(25)20-27/h16-17,22-24,26-28H,2-15,18-21H2,1H3. The van der Waals surface area contributed by atoms with Gasteiger partial charge in [0.1, 0.15) is 0 Å². The van der Waals surface area contributed by atoms with Gasteiger partial charge in [0.25, 0.3) is 0 Å². The van der Waals surface area contributed by atoms with E-state index in [-0.39, 0.29) is 24.7 Å². The Balaban J connectivity index is 1.41. The summed E-state index contributed by atoms with van der Waals surface area (Å²) in [5.41, 5.74) is -0.273. The highest BCUT2D eigenvalue weighted by molar-refractivity contribution is 5.23. The van der Waals surface area contributed by atoms with Crippen molar-refractivity contribution in [3.8, 4) is 0 Å². The normalized spacial score (nSPS) is 28.5. The van der Waals surface area contributed by atoms with E-state index >= 15 is 0 Å². The van der Waals surface area contributed by atoms with E-state index in [1.165, 1.54) is 89.9 Å². The smallest absolute Gasteiger partial charge is 0.0622 e. The van der Waals surface area contributed by atoms with E-state index in [1.54, 1.807) is 0 Å². The number of unbranched alkanes of at least 4 members (excludes halogenated alkanes) is 13. The largest absolute Gasteiger partial charge is 0.396 e.